The predicted octanol–water partition coefficient (Wildman–Crippen LogP) is 7.14. The summed E-state index contributed by atoms with van der Waals surface area (Å²) in [5.41, 5.74) is 1.14. The average Bonchev–Trinajstić information content (AvgIpc) is 2.59. The Kier molecular flexibility index (Phi) is 5.80. The second kappa shape index (κ2) is 7.83. The van der Waals surface area contributed by atoms with Crippen LogP contribution in [-0.4, -0.2) is 0 Å². The molecule has 0 heterocycles. The highest BCUT2D eigenvalue weighted by atomic mass is 35.5. The topological polar surface area (TPSA) is 0 Å². The van der Waals surface area contributed by atoms with Crippen molar-refractivity contribution in [1.29, 1.82) is 0 Å². The normalized spacial score (nSPS) is 32.3. The Morgan fingerprint density at radius 2 is 1.57 bits per heavy atom. The molecule has 2 fully saturated rings. The van der Waals surface area contributed by atoms with E-state index in [-0.39, 0.29) is 10.8 Å². The van der Waals surface area contributed by atoms with Crippen LogP contribution in [0.3, 0.4) is 0 Å². The van der Waals surface area contributed by atoms with Gasteiger partial charge in [0.2, 0.25) is 0 Å². The highest BCUT2D eigenvalue weighted by molar-refractivity contribution is 6.30. The number of rotatable bonds is 3. The molecule has 0 aliphatic heterocycles. The molecule has 0 unspecified atom stereocenters. The van der Waals surface area contributed by atoms with E-state index in [0.717, 1.165) is 23.3 Å². The molecule has 23 heavy (non-hydrogen) atoms. The zero-order valence-electron chi connectivity index (χ0n) is 14.1. The second-order valence-electron chi connectivity index (χ2n) is 7.49. The van der Waals surface area contributed by atoms with Gasteiger partial charge in [0.15, 0.2) is 0 Å². The van der Waals surface area contributed by atoms with Crippen molar-refractivity contribution < 1.29 is 4.39 Å². The lowest BCUT2D eigenvalue weighted by Crippen LogP contribution is -2.25. The first-order chi connectivity index (χ1) is 11.2. The molecule has 2 aliphatic rings. The third kappa shape index (κ3) is 4.18. The van der Waals surface area contributed by atoms with Gasteiger partial charge in [0.05, 0.1) is 5.02 Å². The summed E-state index contributed by atoms with van der Waals surface area (Å²) in [7, 11) is 0. The zero-order chi connectivity index (χ0) is 16.2. The summed E-state index contributed by atoms with van der Waals surface area (Å²) in [6, 6.07) is 5.37. The van der Waals surface area contributed by atoms with E-state index in [4.69, 9.17) is 11.6 Å². The van der Waals surface area contributed by atoms with Gasteiger partial charge in [-0.05, 0) is 99.7 Å². The first kappa shape index (κ1) is 17.0. The first-order valence-electron chi connectivity index (χ1n) is 9.25. The third-order valence-corrected chi connectivity index (χ3v) is 6.44. The van der Waals surface area contributed by atoms with Crippen LogP contribution in [0.1, 0.15) is 69.8 Å². The van der Waals surface area contributed by atoms with Crippen molar-refractivity contribution in [1.82, 2.24) is 0 Å². The molecule has 1 aromatic rings. The van der Waals surface area contributed by atoms with Crippen molar-refractivity contribution >= 4 is 11.6 Å². The lowest BCUT2D eigenvalue weighted by molar-refractivity contribution is 0.171. The summed E-state index contributed by atoms with van der Waals surface area (Å²) in [4.78, 5) is 0. The Hall–Kier alpha value is -0.820. The summed E-state index contributed by atoms with van der Waals surface area (Å²) in [6.45, 7) is 2.13. The molecule has 0 spiro atoms. The Morgan fingerprint density at radius 3 is 2.13 bits per heavy atom. The molecule has 0 amide bonds. The second-order valence-corrected chi connectivity index (χ2v) is 7.89. The molecule has 2 heteroatoms. The highest BCUT2D eigenvalue weighted by Gasteiger charge is 2.30. The maximum absolute atomic E-state index is 13.7. The van der Waals surface area contributed by atoms with E-state index in [1.165, 1.54) is 51.4 Å². The van der Waals surface area contributed by atoms with Gasteiger partial charge in [-0.15, -0.1) is 0 Å². The minimum Gasteiger partial charge on any atom is -0.205 e. The van der Waals surface area contributed by atoms with Crippen LogP contribution >= 0.6 is 11.6 Å². The monoisotopic (exact) mass is 334 g/mol. The predicted molar refractivity (Wildman–Crippen MR) is 96.4 cm³/mol. The van der Waals surface area contributed by atoms with Gasteiger partial charge in [-0.25, -0.2) is 4.39 Å². The zero-order valence-corrected chi connectivity index (χ0v) is 14.9. The van der Waals surface area contributed by atoms with Crippen LogP contribution in [-0.2, 0) is 0 Å². The van der Waals surface area contributed by atoms with Gasteiger partial charge in [0.25, 0.3) is 0 Å². The number of allylic oxidation sites excluding steroid dienone is 2. The number of hydrogen-bond acceptors (Lipinski definition) is 0. The van der Waals surface area contributed by atoms with Crippen molar-refractivity contribution in [2.24, 2.45) is 17.8 Å². The standard InChI is InChI=1S/C21H28ClF/c1-2-3-15-4-6-16(7-5-15)17-8-10-18(11-9-17)19-12-13-20(22)21(23)14-19/h2-3,12-18H,4-11H2,1H3. The quantitative estimate of drug-likeness (QED) is 0.515. The van der Waals surface area contributed by atoms with Crippen LogP contribution in [0.5, 0.6) is 0 Å². The molecule has 3 rings (SSSR count). The van der Waals surface area contributed by atoms with Crippen LogP contribution in [0, 0.1) is 23.6 Å². The summed E-state index contributed by atoms with van der Waals surface area (Å²) in [5, 5.41) is 0.236. The summed E-state index contributed by atoms with van der Waals surface area (Å²) in [6.07, 6.45) is 15.2. The fourth-order valence-electron chi connectivity index (χ4n) is 4.77. The molecule has 1 aromatic carbocycles. The van der Waals surface area contributed by atoms with Crippen LogP contribution in [0.25, 0.3) is 0 Å². The van der Waals surface area contributed by atoms with E-state index >= 15 is 0 Å². The number of benzene rings is 1. The van der Waals surface area contributed by atoms with Gasteiger partial charge in [-0.1, -0.05) is 29.8 Å². The Bertz CT molecular complexity index is 535. The minimum atomic E-state index is -0.270. The van der Waals surface area contributed by atoms with Crippen LogP contribution in [0.4, 0.5) is 4.39 Å². The van der Waals surface area contributed by atoms with Gasteiger partial charge < -0.3 is 0 Å². The van der Waals surface area contributed by atoms with E-state index in [0.29, 0.717) is 5.92 Å². The Balaban J connectivity index is 1.51. The largest absolute Gasteiger partial charge is 0.205 e. The van der Waals surface area contributed by atoms with Gasteiger partial charge >= 0.3 is 0 Å². The van der Waals surface area contributed by atoms with Crippen molar-refractivity contribution in [3.63, 3.8) is 0 Å². The van der Waals surface area contributed by atoms with Gasteiger partial charge in [0, 0.05) is 0 Å². The Morgan fingerprint density at radius 1 is 0.957 bits per heavy atom. The van der Waals surface area contributed by atoms with Crippen LogP contribution in [0.15, 0.2) is 30.4 Å². The van der Waals surface area contributed by atoms with Crippen molar-refractivity contribution in [2.45, 2.75) is 64.2 Å². The molecule has 0 bridgehead atoms. The van der Waals surface area contributed by atoms with E-state index in [9.17, 15) is 4.39 Å². The molecule has 0 aromatic heterocycles. The van der Waals surface area contributed by atoms with Crippen molar-refractivity contribution in [3.05, 3.63) is 46.8 Å². The molecule has 2 aliphatic carbocycles. The Labute approximate surface area is 145 Å². The average molecular weight is 335 g/mol. The summed E-state index contributed by atoms with van der Waals surface area (Å²) in [5.74, 6) is 2.91. The first-order valence-corrected chi connectivity index (χ1v) is 9.63. The molecular formula is C21H28ClF. The van der Waals surface area contributed by atoms with Crippen molar-refractivity contribution in [3.8, 4) is 0 Å². The molecule has 0 N–H and O–H groups in total. The lowest BCUT2D eigenvalue weighted by atomic mass is 9.68. The maximum atomic E-state index is 13.7. The van der Waals surface area contributed by atoms with Gasteiger partial charge in [-0.2, -0.15) is 0 Å². The highest BCUT2D eigenvalue weighted by Crippen LogP contribution is 2.44. The summed E-state index contributed by atoms with van der Waals surface area (Å²) < 4.78 is 13.7. The molecule has 0 atom stereocenters. The van der Waals surface area contributed by atoms with E-state index in [1.54, 1.807) is 12.1 Å². The van der Waals surface area contributed by atoms with E-state index in [2.05, 4.69) is 19.1 Å². The molecule has 0 nitrogen and oxygen atoms in total. The van der Waals surface area contributed by atoms with Crippen LogP contribution < -0.4 is 0 Å². The van der Waals surface area contributed by atoms with Crippen LogP contribution in [0.2, 0.25) is 5.02 Å². The molecule has 0 saturated heterocycles. The third-order valence-electron chi connectivity index (χ3n) is 6.13. The minimum absolute atomic E-state index is 0.236. The number of hydrogen-bond donors (Lipinski definition) is 0. The molecular weight excluding hydrogens is 307 g/mol. The lowest BCUT2D eigenvalue weighted by Gasteiger charge is -2.37. The van der Waals surface area contributed by atoms with E-state index < -0.39 is 0 Å². The van der Waals surface area contributed by atoms with Gasteiger partial charge in [0.1, 0.15) is 5.82 Å². The van der Waals surface area contributed by atoms with Crippen molar-refractivity contribution in [2.75, 3.05) is 0 Å². The summed E-state index contributed by atoms with van der Waals surface area (Å²) >= 11 is 5.80. The molecule has 0 radical (unpaired) electrons. The SMILES string of the molecule is CC=CC1CCC(C2CCC(c3ccc(Cl)c(F)c3)CC2)CC1. The number of halogens is 2. The fourth-order valence-corrected chi connectivity index (χ4v) is 4.89. The molecule has 126 valence electrons. The van der Waals surface area contributed by atoms with Gasteiger partial charge in [-0.3, -0.25) is 0 Å². The van der Waals surface area contributed by atoms with E-state index in [1.807, 2.05) is 6.07 Å². The maximum Gasteiger partial charge on any atom is 0.142 e. The molecule has 2 saturated carbocycles. The smallest absolute Gasteiger partial charge is 0.142 e. The fraction of sp³-hybridized carbons (Fsp3) is 0.619.